The van der Waals surface area contributed by atoms with Crippen LogP contribution in [-0.4, -0.2) is 38.1 Å². The van der Waals surface area contributed by atoms with Gasteiger partial charge in [-0.2, -0.15) is 0 Å². The van der Waals surface area contributed by atoms with E-state index < -0.39 is 0 Å². The highest BCUT2D eigenvalue weighted by Crippen LogP contribution is 2.41. The van der Waals surface area contributed by atoms with Crippen molar-refractivity contribution in [1.82, 2.24) is 24.8 Å². The summed E-state index contributed by atoms with van der Waals surface area (Å²) in [5, 5.41) is 2.89. The fourth-order valence-corrected chi connectivity index (χ4v) is 3.70. The molecule has 3 heterocycles. The smallest absolute Gasteiger partial charge is 0.220 e. The van der Waals surface area contributed by atoms with Gasteiger partial charge in [-0.1, -0.05) is 0 Å². The number of carbonyl (C=O) groups excluding carboxylic acids is 1. The molecule has 2 atom stereocenters. The molecule has 27 heavy (non-hydrogen) atoms. The summed E-state index contributed by atoms with van der Waals surface area (Å²) >= 11 is 0. The van der Waals surface area contributed by atoms with Crippen LogP contribution in [0.1, 0.15) is 32.2 Å². The first kappa shape index (κ1) is 16.2. The van der Waals surface area contributed by atoms with Gasteiger partial charge in [0.15, 0.2) is 0 Å². The Labute approximate surface area is 156 Å². The molecule has 1 saturated carbocycles. The Hall–Kier alpha value is -2.96. The molecule has 138 valence electrons. The highest BCUT2D eigenvalue weighted by molar-refractivity contribution is 5.87. The molecule has 0 spiro atoms. The number of amides is 1. The minimum atomic E-state index is -0.0770. The Kier molecular flexibility index (Phi) is 3.81. The number of hydrogen-bond donors (Lipinski definition) is 1. The van der Waals surface area contributed by atoms with Crippen LogP contribution in [0, 0.1) is 5.92 Å². The van der Waals surface area contributed by atoms with Crippen molar-refractivity contribution in [2.45, 2.75) is 38.3 Å². The number of benzene rings is 1. The molecule has 1 aliphatic heterocycles. The lowest BCUT2D eigenvalue weighted by molar-refractivity contribution is -0.119. The van der Waals surface area contributed by atoms with E-state index in [1.54, 1.807) is 18.6 Å². The summed E-state index contributed by atoms with van der Waals surface area (Å²) in [5.41, 5.74) is 3.64. The highest BCUT2D eigenvalue weighted by atomic mass is 16.5. The van der Waals surface area contributed by atoms with E-state index in [2.05, 4.69) is 24.8 Å². The third kappa shape index (κ3) is 3.03. The van der Waals surface area contributed by atoms with E-state index in [0.29, 0.717) is 19.0 Å². The van der Waals surface area contributed by atoms with E-state index in [-0.39, 0.29) is 17.9 Å². The van der Waals surface area contributed by atoms with Crippen LogP contribution in [0.4, 0.5) is 0 Å². The molecule has 5 rings (SSSR count). The number of aromatic nitrogens is 4. The van der Waals surface area contributed by atoms with E-state index in [1.807, 2.05) is 25.4 Å². The molecule has 7 nitrogen and oxygen atoms in total. The van der Waals surface area contributed by atoms with Crippen LogP contribution in [0.5, 0.6) is 5.75 Å². The number of nitrogens with one attached hydrogen (secondary N) is 1. The maximum Gasteiger partial charge on any atom is 0.220 e. The van der Waals surface area contributed by atoms with Crippen LogP contribution >= 0.6 is 0 Å². The second-order valence-electron chi connectivity index (χ2n) is 7.41. The standard InChI is InChI=1S/C20H21N5O2/c1-12(14-8-19(26)23-9-14)27-18-7-13(17-10-21-4-5-22-17)6-16-20(18)25(11-24-16)15-2-3-15/h4-7,10-12,14-15H,2-3,8-9H2,1H3,(H,23,26)/t12?,14-/m1/s1. The molecule has 0 radical (unpaired) electrons. The second kappa shape index (κ2) is 6.33. The minimum absolute atomic E-state index is 0.0770. The monoisotopic (exact) mass is 363 g/mol. The fraction of sp³-hybridized carbons (Fsp3) is 0.400. The Morgan fingerprint density at radius 2 is 2.15 bits per heavy atom. The quantitative estimate of drug-likeness (QED) is 0.754. The lowest BCUT2D eigenvalue weighted by Crippen LogP contribution is -2.25. The molecule has 0 bridgehead atoms. The normalized spacial score (nSPS) is 20.6. The number of nitrogens with zero attached hydrogens (tertiary/aromatic N) is 4. The second-order valence-corrected chi connectivity index (χ2v) is 7.41. The van der Waals surface area contributed by atoms with Crippen LogP contribution in [0.25, 0.3) is 22.3 Å². The zero-order valence-corrected chi connectivity index (χ0v) is 15.1. The summed E-state index contributed by atoms with van der Waals surface area (Å²) in [7, 11) is 0. The molecule has 1 amide bonds. The van der Waals surface area contributed by atoms with Crippen LogP contribution in [0.15, 0.2) is 37.1 Å². The lowest BCUT2D eigenvalue weighted by atomic mass is 10.0. The van der Waals surface area contributed by atoms with Gasteiger partial charge in [-0.05, 0) is 31.9 Å². The molecule has 1 unspecified atom stereocenters. The predicted molar refractivity (Wildman–Crippen MR) is 100 cm³/mol. The van der Waals surface area contributed by atoms with Crippen molar-refractivity contribution in [3.8, 4) is 17.0 Å². The van der Waals surface area contributed by atoms with Crippen molar-refractivity contribution in [2.24, 2.45) is 5.92 Å². The molecule has 1 aliphatic carbocycles. The lowest BCUT2D eigenvalue weighted by Gasteiger charge is -2.21. The Morgan fingerprint density at radius 3 is 2.85 bits per heavy atom. The van der Waals surface area contributed by atoms with Gasteiger partial charge in [0.2, 0.25) is 5.91 Å². The number of hydrogen-bond acceptors (Lipinski definition) is 5. The van der Waals surface area contributed by atoms with Crippen molar-refractivity contribution < 1.29 is 9.53 Å². The maximum absolute atomic E-state index is 11.6. The Balaban J connectivity index is 1.57. The summed E-state index contributed by atoms with van der Waals surface area (Å²) in [5.74, 6) is 1.06. The van der Waals surface area contributed by atoms with Gasteiger partial charge in [0.1, 0.15) is 17.4 Å². The molecule has 2 aromatic heterocycles. The van der Waals surface area contributed by atoms with Gasteiger partial charge in [-0.3, -0.25) is 14.8 Å². The van der Waals surface area contributed by atoms with Crippen LogP contribution in [0.3, 0.4) is 0 Å². The highest BCUT2D eigenvalue weighted by Gasteiger charge is 2.30. The average molecular weight is 363 g/mol. The Bertz CT molecular complexity index is 996. The van der Waals surface area contributed by atoms with Crippen molar-refractivity contribution in [3.63, 3.8) is 0 Å². The summed E-state index contributed by atoms with van der Waals surface area (Å²) in [4.78, 5) is 24.8. The summed E-state index contributed by atoms with van der Waals surface area (Å²) in [6.07, 6.45) is 9.77. The number of ether oxygens (including phenoxy) is 1. The SMILES string of the molecule is CC(Oc1cc(-c2cnccn2)cc2ncn(C3CC3)c12)[C@H]1CNC(=O)C1. The van der Waals surface area contributed by atoms with E-state index in [4.69, 9.17) is 4.74 Å². The number of rotatable bonds is 5. The zero-order chi connectivity index (χ0) is 18.4. The third-order valence-electron chi connectivity index (χ3n) is 5.42. The molecular weight excluding hydrogens is 342 g/mol. The molecule has 1 N–H and O–H groups in total. The van der Waals surface area contributed by atoms with E-state index in [9.17, 15) is 4.79 Å². The zero-order valence-electron chi connectivity index (χ0n) is 15.1. The van der Waals surface area contributed by atoms with Gasteiger partial charge in [0.25, 0.3) is 0 Å². The van der Waals surface area contributed by atoms with Gasteiger partial charge in [-0.25, -0.2) is 4.98 Å². The van der Waals surface area contributed by atoms with Crippen LogP contribution in [0.2, 0.25) is 0 Å². The van der Waals surface area contributed by atoms with Gasteiger partial charge in [0, 0.05) is 42.9 Å². The number of imidazole rings is 1. The molecular formula is C20H21N5O2. The van der Waals surface area contributed by atoms with Gasteiger partial charge < -0.3 is 14.6 Å². The van der Waals surface area contributed by atoms with Gasteiger partial charge in [0.05, 0.1) is 23.7 Å². The van der Waals surface area contributed by atoms with E-state index in [1.165, 1.54) is 12.8 Å². The topological polar surface area (TPSA) is 81.9 Å². The first-order valence-electron chi connectivity index (χ1n) is 9.39. The molecule has 3 aromatic rings. The fourth-order valence-electron chi connectivity index (χ4n) is 3.70. The maximum atomic E-state index is 11.6. The van der Waals surface area contributed by atoms with E-state index in [0.717, 1.165) is 28.0 Å². The largest absolute Gasteiger partial charge is 0.488 e. The number of fused-ring (bicyclic) bond motifs is 1. The molecule has 1 aromatic carbocycles. The van der Waals surface area contributed by atoms with Gasteiger partial charge in [-0.15, -0.1) is 0 Å². The average Bonchev–Trinajstić information content (AvgIpc) is 3.28. The van der Waals surface area contributed by atoms with Crippen molar-refractivity contribution in [2.75, 3.05) is 6.54 Å². The van der Waals surface area contributed by atoms with Crippen LogP contribution in [-0.2, 0) is 4.79 Å². The van der Waals surface area contributed by atoms with Gasteiger partial charge >= 0.3 is 0 Å². The summed E-state index contributed by atoms with van der Waals surface area (Å²) in [6.45, 7) is 2.69. The van der Waals surface area contributed by atoms with E-state index >= 15 is 0 Å². The van der Waals surface area contributed by atoms with Crippen molar-refractivity contribution in [1.29, 1.82) is 0 Å². The number of carbonyl (C=O) groups is 1. The summed E-state index contributed by atoms with van der Waals surface area (Å²) in [6, 6.07) is 4.56. The first-order valence-corrected chi connectivity index (χ1v) is 9.39. The van der Waals surface area contributed by atoms with Crippen molar-refractivity contribution in [3.05, 3.63) is 37.1 Å². The summed E-state index contributed by atoms with van der Waals surface area (Å²) < 4.78 is 8.62. The minimum Gasteiger partial charge on any atom is -0.488 e. The van der Waals surface area contributed by atoms with Crippen molar-refractivity contribution >= 4 is 16.9 Å². The predicted octanol–water partition coefficient (Wildman–Crippen LogP) is 2.73. The molecule has 7 heteroatoms. The molecule has 1 saturated heterocycles. The molecule has 2 fully saturated rings. The molecule has 2 aliphatic rings. The Morgan fingerprint density at radius 1 is 1.26 bits per heavy atom. The van der Waals surface area contributed by atoms with Crippen LogP contribution < -0.4 is 10.1 Å². The first-order chi connectivity index (χ1) is 13.2. The third-order valence-corrected chi connectivity index (χ3v) is 5.42.